The third-order valence-electron chi connectivity index (χ3n) is 5.66. The number of carbonyl (C=O) groups excluding carboxylic acids is 2. The van der Waals surface area contributed by atoms with Crippen molar-refractivity contribution in [3.63, 3.8) is 0 Å². The van der Waals surface area contributed by atoms with E-state index >= 15 is 0 Å². The van der Waals surface area contributed by atoms with Crippen LogP contribution in [0.5, 0.6) is 11.5 Å². The lowest BCUT2D eigenvalue weighted by Crippen LogP contribution is -2.29. The molecule has 33 heavy (non-hydrogen) atoms. The number of aliphatic hydroxyl groups is 1. The molecule has 4 rings (SSSR count). The van der Waals surface area contributed by atoms with Crippen LogP contribution < -0.4 is 14.4 Å². The van der Waals surface area contributed by atoms with Crippen LogP contribution in [0, 0.1) is 6.92 Å². The molecule has 1 aliphatic heterocycles. The summed E-state index contributed by atoms with van der Waals surface area (Å²) in [6, 6.07) is 17.9. The van der Waals surface area contributed by atoms with Gasteiger partial charge in [0, 0.05) is 21.8 Å². The summed E-state index contributed by atoms with van der Waals surface area (Å²) >= 11 is 6.34. The number of Topliss-reactive ketones (excluding diaryl/α,β-unsaturated/α-hetero) is 1. The molecular formula is C26H22ClNO5. The largest absolute Gasteiger partial charge is 0.507 e. The molecular weight excluding hydrogens is 442 g/mol. The van der Waals surface area contributed by atoms with Gasteiger partial charge in [0.2, 0.25) is 0 Å². The zero-order chi connectivity index (χ0) is 23.7. The molecule has 3 aromatic carbocycles. The molecule has 0 bridgehead atoms. The van der Waals surface area contributed by atoms with Gasteiger partial charge in [0.05, 0.1) is 25.8 Å². The molecule has 0 unspecified atom stereocenters. The van der Waals surface area contributed by atoms with E-state index in [1.165, 1.54) is 19.1 Å². The van der Waals surface area contributed by atoms with E-state index in [-0.39, 0.29) is 11.3 Å². The number of halogens is 1. The highest BCUT2D eigenvalue weighted by Gasteiger charge is 2.48. The van der Waals surface area contributed by atoms with Crippen LogP contribution in [-0.2, 0) is 9.59 Å². The first-order chi connectivity index (χ1) is 15.9. The summed E-state index contributed by atoms with van der Waals surface area (Å²) in [5.74, 6) is -0.905. The van der Waals surface area contributed by atoms with Gasteiger partial charge in [0.25, 0.3) is 11.7 Å². The third kappa shape index (κ3) is 3.94. The number of hydrogen-bond acceptors (Lipinski definition) is 5. The van der Waals surface area contributed by atoms with E-state index in [2.05, 4.69) is 0 Å². The number of rotatable bonds is 5. The van der Waals surface area contributed by atoms with Crippen molar-refractivity contribution in [2.45, 2.75) is 13.0 Å². The summed E-state index contributed by atoms with van der Waals surface area (Å²) < 4.78 is 10.9. The minimum absolute atomic E-state index is 0.0468. The van der Waals surface area contributed by atoms with Gasteiger partial charge in [-0.2, -0.15) is 0 Å². The number of nitrogens with zero attached hydrogens (tertiary/aromatic N) is 1. The molecule has 1 aliphatic rings. The molecule has 1 amide bonds. The summed E-state index contributed by atoms with van der Waals surface area (Å²) in [5, 5.41) is 11.6. The van der Waals surface area contributed by atoms with Crippen molar-refractivity contribution < 1.29 is 24.2 Å². The van der Waals surface area contributed by atoms with Gasteiger partial charge in [-0.1, -0.05) is 48.0 Å². The van der Waals surface area contributed by atoms with Crippen molar-refractivity contribution in [1.29, 1.82) is 0 Å². The summed E-state index contributed by atoms with van der Waals surface area (Å²) in [7, 11) is 3.02. The molecule has 0 aliphatic carbocycles. The van der Waals surface area contributed by atoms with Crippen molar-refractivity contribution in [3.05, 3.63) is 94.0 Å². The van der Waals surface area contributed by atoms with Crippen LogP contribution in [0.2, 0.25) is 5.02 Å². The highest BCUT2D eigenvalue weighted by Crippen LogP contribution is 2.46. The number of amides is 1. The molecule has 1 heterocycles. The second kappa shape index (κ2) is 9.00. The summed E-state index contributed by atoms with van der Waals surface area (Å²) in [4.78, 5) is 27.9. The van der Waals surface area contributed by atoms with E-state index in [9.17, 15) is 14.7 Å². The molecule has 6 nitrogen and oxygen atoms in total. The van der Waals surface area contributed by atoms with Gasteiger partial charge >= 0.3 is 0 Å². The normalized spacial score (nSPS) is 17.3. The van der Waals surface area contributed by atoms with Gasteiger partial charge in [-0.3, -0.25) is 14.5 Å². The number of aliphatic hydroxyl groups excluding tert-OH is 1. The Hall–Kier alpha value is -3.77. The maximum atomic E-state index is 13.3. The quantitative estimate of drug-likeness (QED) is 0.316. The minimum atomic E-state index is -0.964. The van der Waals surface area contributed by atoms with E-state index in [1.807, 2.05) is 6.92 Å². The van der Waals surface area contributed by atoms with Crippen molar-refractivity contribution in [2.24, 2.45) is 0 Å². The van der Waals surface area contributed by atoms with Crippen LogP contribution in [0.15, 0.2) is 72.3 Å². The molecule has 0 aromatic heterocycles. The fraction of sp³-hybridized carbons (Fsp3) is 0.154. The van der Waals surface area contributed by atoms with Crippen LogP contribution in [0.3, 0.4) is 0 Å². The average molecular weight is 464 g/mol. The molecule has 0 spiro atoms. The van der Waals surface area contributed by atoms with Gasteiger partial charge < -0.3 is 14.6 Å². The number of aryl methyl sites for hydroxylation is 1. The molecule has 7 heteroatoms. The SMILES string of the molecule is COc1ccc(OC)c([C@@H]2/C(=C(\O)c3ccccc3)C(=O)C(=O)N2c2ccc(C)c(Cl)c2)c1. The molecule has 1 atom stereocenters. The maximum absolute atomic E-state index is 13.3. The number of benzene rings is 3. The van der Waals surface area contributed by atoms with E-state index in [4.69, 9.17) is 21.1 Å². The van der Waals surface area contributed by atoms with Gasteiger partial charge in [0.1, 0.15) is 17.3 Å². The molecule has 1 fully saturated rings. The summed E-state index contributed by atoms with van der Waals surface area (Å²) in [6.45, 7) is 1.85. The summed E-state index contributed by atoms with van der Waals surface area (Å²) in [6.07, 6.45) is 0. The Labute approximate surface area is 196 Å². The zero-order valence-electron chi connectivity index (χ0n) is 18.3. The monoisotopic (exact) mass is 463 g/mol. The van der Waals surface area contributed by atoms with E-state index in [0.717, 1.165) is 5.56 Å². The van der Waals surface area contributed by atoms with E-state index in [0.29, 0.717) is 33.3 Å². The molecule has 1 saturated heterocycles. The lowest BCUT2D eigenvalue weighted by atomic mass is 9.94. The number of ketones is 1. The van der Waals surface area contributed by atoms with Crippen LogP contribution in [0.4, 0.5) is 5.69 Å². The van der Waals surface area contributed by atoms with Crippen LogP contribution in [0.1, 0.15) is 22.7 Å². The standard InChI is InChI=1S/C26H22ClNO5/c1-15-9-10-17(13-20(15)27)28-23(19-14-18(32-2)11-12-21(19)33-3)22(25(30)26(28)31)24(29)16-7-5-4-6-8-16/h4-14,23,29H,1-3H3/b24-22+/t23-/m1/s1. The molecule has 0 saturated carbocycles. The zero-order valence-corrected chi connectivity index (χ0v) is 19.1. The Morgan fingerprint density at radius 1 is 0.970 bits per heavy atom. The van der Waals surface area contributed by atoms with Crippen LogP contribution >= 0.6 is 11.6 Å². The number of hydrogen-bond donors (Lipinski definition) is 1. The van der Waals surface area contributed by atoms with Crippen LogP contribution in [-0.4, -0.2) is 31.0 Å². The van der Waals surface area contributed by atoms with Crippen molar-refractivity contribution in [1.82, 2.24) is 0 Å². The number of carbonyl (C=O) groups is 2. The fourth-order valence-corrected chi connectivity index (χ4v) is 4.10. The first-order valence-corrected chi connectivity index (χ1v) is 10.6. The highest BCUT2D eigenvalue weighted by molar-refractivity contribution is 6.52. The number of anilines is 1. The van der Waals surface area contributed by atoms with Gasteiger partial charge in [-0.05, 0) is 42.8 Å². The maximum Gasteiger partial charge on any atom is 0.300 e. The fourth-order valence-electron chi connectivity index (χ4n) is 3.93. The Morgan fingerprint density at radius 3 is 2.33 bits per heavy atom. The third-order valence-corrected chi connectivity index (χ3v) is 6.06. The molecule has 3 aromatic rings. The number of ether oxygens (including phenoxy) is 2. The smallest absolute Gasteiger partial charge is 0.300 e. The highest BCUT2D eigenvalue weighted by atomic mass is 35.5. The molecule has 0 radical (unpaired) electrons. The second-order valence-electron chi connectivity index (χ2n) is 7.58. The first kappa shape index (κ1) is 22.4. The molecule has 168 valence electrons. The number of methoxy groups -OCH3 is 2. The molecule has 1 N–H and O–H groups in total. The van der Waals surface area contributed by atoms with Crippen LogP contribution in [0.25, 0.3) is 5.76 Å². The average Bonchev–Trinajstić information content (AvgIpc) is 3.10. The summed E-state index contributed by atoms with van der Waals surface area (Å²) in [5.41, 5.74) is 2.12. The lowest BCUT2D eigenvalue weighted by Gasteiger charge is -2.27. The Kier molecular flexibility index (Phi) is 6.11. The van der Waals surface area contributed by atoms with E-state index < -0.39 is 17.7 Å². The van der Waals surface area contributed by atoms with Crippen molar-refractivity contribution in [2.75, 3.05) is 19.1 Å². The van der Waals surface area contributed by atoms with Crippen molar-refractivity contribution >= 4 is 34.7 Å². The van der Waals surface area contributed by atoms with Gasteiger partial charge in [-0.25, -0.2) is 0 Å². The Balaban J connectivity index is 2.02. The van der Waals surface area contributed by atoms with Gasteiger partial charge in [-0.15, -0.1) is 0 Å². The van der Waals surface area contributed by atoms with E-state index in [1.54, 1.807) is 66.7 Å². The Bertz CT molecular complexity index is 1270. The topological polar surface area (TPSA) is 76.1 Å². The predicted molar refractivity (Wildman–Crippen MR) is 127 cm³/mol. The predicted octanol–water partition coefficient (Wildman–Crippen LogP) is 5.29. The van der Waals surface area contributed by atoms with Gasteiger partial charge in [0.15, 0.2) is 0 Å². The Morgan fingerprint density at radius 2 is 1.70 bits per heavy atom. The van der Waals surface area contributed by atoms with Crippen molar-refractivity contribution in [3.8, 4) is 11.5 Å². The first-order valence-electron chi connectivity index (χ1n) is 10.2. The second-order valence-corrected chi connectivity index (χ2v) is 7.98. The lowest BCUT2D eigenvalue weighted by molar-refractivity contribution is -0.132. The minimum Gasteiger partial charge on any atom is -0.507 e.